The average molecular weight is 437 g/mol. The second kappa shape index (κ2) is 10.2. The summed E-state index contributed by atoms with van der Waals surface area (Å²) in [5.41, 5.74) is 2.69. The highest BCUT2D eigenvalue weighted by Gasteiger charge is 2.10. The number of hydrogen-bond donors (Lipinski definition) is 0. The molecule has 2 heterocycles. The number of nitrogens with zero attached hydrogens (tertiary/aromatic N) is 2. The highest BCUT2D eigenvalue weighted by atomic mass is 35.5. The summed E-state index contributed by atoms with van der Waals surface area (Å²) in [6.07, 6.45) is 6.38. The molecule has 1 aliphatic heterocycles. The SMILES string of the molecule is Cl.c1ccc2oc(-c3ccc4cc(OCCCCCN5CCCC5)ccc4c3)nc2c1. The number of halogens is 1. The van der Waals surface area contributed by atoms with E-state index < -0.39 is 0 Å². The third kappa shape index (κ3) is 5.20. The van der Waals surface area contributed by atoms with Crippen LogP contribution in [0.25, 0.3) is 33.3 Å². The highest BCUT2D eigenvalue weighted by molar-refractivity contribution is 5.88. The summed E-state index contributed by atoms with van der Waals surface area (Å²) in [7, 11) is 0. The molecule has 4 nitrogen and oxygen atoms in total. The average Bonchev–Trinajstić information content (AvgIpc) is 3.45. The van der Waals surface area contributed by atoms with Crippen molar-refractivity contribution in [1.82, 2.24) is 9.88 Å². The van der Waals surface area contributed by atoms with Crippen LogP contribution in [-0.2, 0) is 0 Å². The number of oxazole rings is 1. The minimum Gasteiger partial charge on any atom is -0.494 e. The van der Waals surface area contributed by atoms with Crippen LogP contribution in [-0.4, -0.2) is 36.1 Å². The molecule has 1 aromatic heterocycles. The van der Waals surface area contributed by atoms with E-state index in [0.29, 0.717) is 5.89 Å². The maximum Gasteiger partial charge on any atom is 0.227 e. The van der Waals surface area contributed by atoms with Crippen molar-refractivity contribution in [2.24, 2.45) is 0 Å². The van der Waals surface area contributed by atoms with Crippen LogP contribution in [0.5, 0.6) is 5.75 Å². The Morgan fingerprint density at radius 2 is 1.68 bits per heavy atom. The number of para-hydroxylation sites is 2. The molecule has 0 aliphatic carbocycles. The molecule has 0 N–H and O–H groups in total. The summed E-state index contributed by atoms with van der Waals surface area (Å²) in [6.45, 7) is 4.62. The van der Waals surface area contributed by atoms with Gasteiger partial charge in [0, 0.05) is 5.56 Å². The van der Waals surface area contributed by atoms with Crippen molar-refractivity contribution in [1.29, 1.82) is 0 Å². The number of likely N-dealkylation sites (tertiary alicyclic amines) is 1. The molecule has 5 rings (SSSR count). The number of benzene rings is 3. The van der Waals surface area contributed by atoms with Crippen LogP contribution in [0, 0.1) is 0 Å². The van der Waals surface area contributed by atoms with Gasteiger partial charge < -0.3 is 14.1 Å². The van der Waals surface area contributed by atoms with E-state index in [0.717, 1.165) is 40.8 Å². The van der Waals surface area contributed by atoms with Crippen molar-refractivity contribution in [3.05, 3.63) is 60.7 Å². The lowest BCUT2D eigenvalue weighted by Crippen LogP contribution is -2.20. The van der Waals surface area contributed by atoms with Crippen molar-refractivity contribution >= 4 is 34.3 Å². The zero-order valence-corrected chi connectivity index (χ0v) is 18.6. The number of ether oxygens (including phenoxy) is 1. The molecular weight excluding hydrogens is 408 g/mol. The monoisotopic (exact) mass is 436 g/mol. The number of unbranched alkanes of at least 4 members (excludes halogenated alkanes) is 2. The third-order valence-electron chi connectivity index (χ3n) is 5.94. The smallest absolute Gasteiger partial charge is 0.227 e. The van der Waals surface area contributed by atoms with Gasteiger partial charge in [-0.2, -0.15) is 0 Å². The summed E-state index contributed by atoms with van der Waals surface area (Å²) >= 11 is 0. The van der Waals surface area contributed by atoms with Gasteiger partial charge >= 0.3 is 0 Å². The fourth-order valence-electron chi connectivity index (χ4n) is 4.25. The molecule has 162 valence electrons. The van der Waals surface area contributed by atoms with Gasteiger partial charge in [-0.1, -0.05) is 24.3 Å². The second-order valence-corrected chi connectivity index (χ2v) is 8.17. The molecule has 0 bridgehead atoms. The molecule has 1 fully saturated rings. The fourth-order valence-corrected chi connectivity index (χ4v) is 4.25. The molecule has 0 spiro atoms. The molecule has 3 aromatic carbocycles. The first kappa shape index (κ1) is 21.7. The van der Waals surface area contributed by atoms with Crippen molar-refractivity contribution in [2.45, 2.75) is 32.1 Å². The van der Waals surface area contributed by atoms with E-state index in [2.05, 4.69) is 46.3 Å². The Morgan fingerprint density at radius 1 is 0.871 bits per heavy atom. The van der Waals surface area contributed by atoms with Gasteiger partial charge in [0.25, 0.3) is 0 Å². The Balaban J connectivity index is 0.00000231. The normalized spacial score (nSPS) is 14.2. The van der Waals surface area contributed by atoms with E-state index in [1.165, 1.54) is 50.7 Å². The van der Waals surface area contributed by atoms with Crippen molar-refractivity contribution in [2.75, 3.05) is 26.2 Å². The van der Waals surface area contributed by atoms with Gasteiger partial charge in [-0.15, -0.1) is 12.4 Å². The molecule has 4 aromatic rings. The lowest BCUT2D eigenvalue weighted by atomic mass is 10.1. The molecular formula is C26H29ClN2O2. The summed E-state index contributed by atoms with van der Waals surface area (Å²) in [5, 5.41) is 2.33. The summed E-state index contributed by atoms with van der Waals surface area (Å²) in [5.74, 6) is 1.60. The zero-order chi connectivity index (χ0) is 20.2. The zero-order valence-electron chi connectivity index (χ0n) is 17.8. The Kier molecular flexibility index (Phi) is 7.10. The highest BCUT2D eigenvalue weighted by Crippen LogP contribution is 2.29. The maximum absolute atomic E-state index is 6.00. The quantitative estimate of drug-likeness (QED) is 0.287. The van der Waals surface area contributed by atoms with Gasteiger partial charge in [0.05, 0.1) is 6.61 Å². The summed E-state index contributed by atoms with van der Waals surface area (Å²) in [4.78, 5) is 7.19. The minimum atomic E-state index is 0. The molecule has 0 atom stereocenters. The Morgan fingerprint density at radius 3 is 2.55 bits per heavy atom. The molecule has 0 amide bonds. The number of aromatic nitrogens is 1. The number of hydrogen-bond acceptors (Lipinski definition) is 4. The van der Waals surface area contributed by atoms with Gasteiger partial charge in [-0.25, -0.2) is 4.98 Å². The third-order valence-corrected chi connectivity index (χ3v) is 5.94. The van der Waals surface area contributed by atoms with Crippen LogP contribution in [0.15, 0.2) is 65.1 Å². The van der Waals surface area contributed by atoms with E-state index in [1.807, 2.05) is 24.3 Å². The second-order valence-electron chi connectivity index (χ2n) is 8.17. The van der Waals surface area contributed by atoms with Crippen molar-refractivity contribution < 1.29 is 9.15 Å². The molecule has 0 unspecified atom stereocenters. The minimum absolute atomic E-state index is 0. The van der Waals surface area contributed by atoms with Gasteiger partial charge in [0.2, 0.25) is 5.89 Å². The number of fused-ring (bicyclic) bond motifs is 2. The lowest BCUT2D eigenvalue weighted by molar-refractivity contribution is 0.290. The number of rotatable bonds is 8. The van der Waals surface area contributed by atoms with Gasteiger partial charge in [0.1, 0.15) is 11.3 Å². The van der Waals surface area contributed by atoms with Crippen LogP contribution in [0.1, 0.15) is 32.1 Å². The predicted octanol–water partition coefficient (Wildman–Crippen LogP) is 6.71. The molecule has 0 radical (unpaired) electrons. The molecule has 31 heavy (non-hydrogen) atoms. The Bertz CT molecular complexity index is 1100. The van der Waals surface area contributed by atoms with Crippen LogP contribution in [0.2, 0.25) is 0 Å². The first-order valence-corrected chi connectivity index (χ1v) is 11.1. The first-order chi connectivity index (χ1) is 14.8. The Labute approximate surface area is 189 Å². The van der Waals surface area contributed by atoms with Crippen LogP contribution < -0.4 is 4.74 Å². The van der Waals surface area contributed by atoms with E-state index in [-0.39, 0.29) is 12.4 Å². The first-order valence-electron chi connectivity index (χ1n) is 11.1. The van der Waals surface area contributed by atoms with Crippen molar-refractivity contribution in [3.8, 4) is 17.2 Å². The van der Waals surface area contributed by atoms with E-state index in [4.69, 9.17) is 9.15 Å². The Hall–Kier alpha value is -2.56. The molecule has 0 saturated carbocycles. The van der Waals surface area contributed by atoms with E-state index in [9.17, 15) is 0 Å². The standard InChI is InChI=1S/C26H28N2O2.ClH/c1(4-14-28-15-5-6-16-28)7-17-29-23-13-12-20-18-22(11-10-21(20)19-23)26-27-24-8-2-3-9-25(24)30-26;/h2-3,8-13,18-19H,1,4-7,14-17H2;1H. The summed E-state index contributed by atoms with van der Waals surface area (Å²) in [6, 6.07) is 20.5. The lowest BCUT2D eigenvalue weighted by Gasteiger charge is -2.14. The van der Waals surface area contributed by atoms with E-state index in [1.54, 1.807) is 0 Å². The van der Waals surface area contributed by atoms with Crippen LogP contribution in [0.3, 0.4) is 0 Å². The van der Waals surface area contributed by atoms with Gasteiger partial charge in [-0.05, 0) is 98.9 Å². The van der Waals surface area contributed by atoms with E-state index >= 15 is 0 Å². The summed E-state index contributed by atoms with van der Waals surface area (Å²) < 4.78 is 11.9. The topological polar surface area (TPSA) is 38.5 Å². The largest absolute Gasteiger partial charge is 0.494 e. The maximum atomic E-state index is 6.00. The fraction of sp³-hybridized carbons (Fsp3) is 0.346. The van der Waals surface area contributed by atoms with Gasteiger partial charge in [0.15, 0.2) is 5.58 Å². The molecule has 5 heteroatoms. The molecule has 1 aliphatic rings. The van der Waals surface area contributed by atoms with Crippen LogP contribution in [0.4, 0.5) is 0 Å². The molecule has 1 saturated heterocycles. The van der Waals surface area contributed by atoms with Gasteiger partial charge in [-0.3, -0.25) is 0 Å². The predicted molar refractivity (Wildman–Crippen MR) is 129 cm³/mol. The van der Waals surface area contributed by atoms with Crippen molar-refractivity contribution in [3.63, 3.8) is 0 Å². The van der Waals surface area contributed by atoms with Crippen LogP contribution >= 0.6 is 12.4 Å².